The fourth-order valence-corrected chi connectivity index (χ4v) is 2.01. The van der Waals surface area contributed by atoms with Gasteiger partial charge in [0.05, 0.1) is 12.6 Å². The smallest absolute Gasteiger partial charge is 0.128 e. The largest absolute Gasteiger partial charge is 0.507 e. The lowest BCUT2D eigenvalue weighted by molar-refractivity contribution is 0.275. The highest BCUT2D eigenvalue weighted by molar-refractivity contribution is 5.85. The summed E-state index contributed by atoms with van der Waals surface area (Å²) in [4.78, 5) is 4.29. The second kappa shape index (κ2) is 6.18. The fourth-order valence-electron chi connectivity index (χ4n) is 2.01. The summed E-state index contributed by atoms with van der Waals surface area (Å²) in [5.41, 5.74) is 2.67. The number of phenols is 1. The molecule has 21 heavy (non-hydrogen) atoms. The molecule has 0 aliphatic carbocycles. The van der Waals surface area contributed by atoms with Crippen molar-refractivity contribution >= 4 is 6.21 Å². The van der Waals surface area contributed by atoms with E-state index in [1.165, 1.54) is 5.56 Å². The van der Waals surface area contributed by atoms with Gasteiger partial charge in [0.15, 0.2) is 0 Å². The predicted molar refractivity (Wildman–Crippen MR) is 89.6 cm³/mol. The molecule has 0 spiro atoms. The summed E-state index contributed by atoms with van der Waals surface area (Å²) in [5, 5.41) is 19.6. The van der Waals surface area contributed by atoms with Crippen LogP contribution in [0.1, 0.15) is 65.2 Å². The molecule has 3 nitrogen and oxygen atoms in total. The monoisotopic (exact) mass is 291 g/mol. The minimum absolute atomic E-state index is 0.00111. The number of hydrogen-bond donors (Lipinski definition) is 2. The second-order valence-electron chi connectivity index (χ2n) is 7.77. The standard InChI is InChI=1S/C18H29NO2/c1-12(11-20)19-10-13-8-14(17(2,3)4)9-15(16(13)21)18(5,6)7/h8-10,12,20-21H,11H2,1-7H3. The number of phenolic OH excluding ortho intramolecular Hbond substituents is 1. The molecule has 1 atom stereocenters. The summed E-state index contributed by atoms with van der Waals surface area (Å²) in [5.74, 6) is 0.282. The van der Waals surface area contributed by atoms with Crippen LogP contribution in [0.3, 0.4) is 0 Å². The van der Waals surface area contributed by atoms with Gasteiger partial charge in [-0.05, 0) is 29.4 Å². The van der Waals surface area contributed by atoms with Gasteiger partial charge in [0, 0.05) is 17.3 Å². The Morgan fingerprint density at radius 2 is 1.67 bits per heavy atom. The van der Waals surface area contributed by atoms with Gasteiger partial charge in [-0.3, -0.25) is 4.99 Å². The van der Waals surface area contributed by atoms with Crippen LogP contribution < -0.4 is 0 Å². The summed E-state index contributed by atoms with van der Waals surface area (Å²) in [6.07, 6.45) is 1.67. The molecule has 118 valence electrons. The van der Waals surface area contributed by atoms with Crippen LogP contribution in [0.15, 0.2) is 17.1 Å². The van der Waals surface area contributed by atoms with Crippen molar-refractivity contribution < 1.29 is 10.2 Å². The summed E-state index contributed by atoms with van der Waals surface area (Å²) < 4.78 is 0. The molecule has 0 heterocycles. The topological polar surface area (TPSA) is 52.8 Å². The summed E-state index contributed by atoms with van der Waals surface area (Å²) in [6.45, 7) is 14.6. The number of aromatic hydroxyl groups is 1. The molecule has 0 aromatic heterocycles. The van der Waals surface area contributed by atoms with Gasteiger partial charge in [-0.15, -0.1) is 0 Å². The van der Waals surface area contributed by atoms with Crippen LogP contribution in [0, 0.1) is 0 Å². The van der Waals surface area contributed by atoms with Crippen molar-refractivity contribution in [2.24, 2.45) is 4.99 Å². The zero-order valence-corrected chi connectivity index (χ0v) is 14.4. The van der Waals surface area contributed by atoms with E-state index in [1.54, 1.807) is 6.21 Å². The van der Waals surface area contributed by atoms with E-state index in [9.17, 15) is 5.11 Å². The van der Waals surface area contributed by atoms with Crippen molar-refractivity contribution in [2.75, 3.05) is 6.61 Å². The van der Waals surface area contributed by atoms with E-state index >= 15 is 0 Å². The molecular formula is C18H29NO2. The van der Waals surface area contributed by atoms with E-state index < -0.39 is 0 Å². The van der Waals surface area contributed by atoms with Crippen molar-refractivity contribution in [2.45, 2.75) is 65.3 Å². The molecule has 1 aromatic rings. The normalized spacial score (nSPS) is 14.7. The Balaban J connectivity index is 3.46. The highest BCUT2D eigenvalue weighted by Crippen LogP contribution is 2.37. The molecule has 1 aromatic carbocycles. The number of aliphatic imine (C=N–C) groups is 1. The van der Waals surface area contributed by atoms with E-state index in [-0.39, 0.29) is 29.2 Å². The van der Waals surface area contributed by atoms with Crippen LogP contribution >= 0.6 is 0 Å². The molecule has 0 saturated heterocycles. The zero-order chi connectivity index (χ0) is 16.4. The lowest BCUT2D eigenvalue weighted by Gasteiger charge is -2.27. The maximum absolute atomic E-state index is 10.5. The fraction of sp³-hybridized carbons (Fsp3) is 0.611. The molecule has 0 amide bonds. The van der Waals surface area contributed by atoms with E-state index in [0.29, 0.717) is 5.56 Å². The second-order valence-corrected chi connectivity index (χ2v) is 7.77. The van der Waals surface area contributed by atoms with Crippen LogP contribution in [0.2, 0.25) is 0 Å². The summed E-state index contributed by atoms with van der Waals surface area (Å²) in [7, 11) is 0. The van der Waals surface area contributed by atoms with Gasteiger partial charge < -0.3 is 10.2 Å². The van der Waals surface area contributed by atoms with Crippen molar-refractivity contribution in [3.05, 3.63) is 28.8 Å². The lowest BCUT2D eigenvalue weighted by atomic mass is 9.79. The van der Waals surface area contributed by atoms with Gasteiger partial charge in [-0.2, -0.15) is 0 Å². The van der Waals surface area contributed by atoms with Gasteiger partial charge in [0.2, 0.25) is 0 Å². The minimum atomic E-state index is -0.166. The number of rotatable bonds is 3. The maximum atomic E-state index is 10.5. The van der Waals surface area contributed by atoms with Crippen LogP contribution in [-0.2, 0) is 10.8 Å². The van der Waals surface area contributed by atoms with Crippen LogP contribution in [0.5, 0.6) is 5.75 Å². The molecule has 0 bridgehead atoms. The zero-order valence-electron chi connectivity index (χ0n) is 14.4. The Morgan fingerprint density at radius 1 is 1.10 bits per heavy atom. The third-order valence-electron chi connectivity index (χ3n) is 3.55. The van der Waals surface area contributed by atoms with Crippen LogP contribution in [0.25, 0.3) is 0 Å². The Bertz CT molecular complexity index is 519. The number of aliphatic hydroxyl groups excluding tert-OH is 1. The Kier molecular flexibility index (Phi) is 5.21. The Labute approximate surface area is 128 Å². The lowest BCUT2D eigenvalue weighted by Crippen LogP contribution is -2.17. The molecule has 0 fully saturated rings. The molecule has 1 unspecified atom stereocenters. The minimum Gasteiger partial charge on any atom is -0.507 e. The number of aliphatic hydroxyl groups is 1. The molecule has 0 saturated carbocycles. The van der Waals surface area contributed by atoms with Crippen LogP contribution in [0.4, 0.5) is 0 Å². The number of hydrogen-bond acceptors (Lipinski definition) is 3. The average Bonchev–Trinajstić information content (AvgIpc) is 2.34. The summed E-state index contributed by atoms with van der Waals surface area (Å²) >= 11 is 0. The molecule has 0 radical (unpaired) electrons. The third kappa shape index (κ3) is 4.57. The maximum Gasteiger partial charge on any atom is 0.128 e. The number of benzene rings is 1. The van der Waals surface area contributed by atoms with E-state index in [2.05, 4.69) is 52.6 Å². The van der Waals surface area contributed by atoms with Gasteiger partial charge in [0.1, 0.15) is 5.75 Å². The average molecular weight is 291 g/mol. The third-order valence-corrected chi connectivity index (χ3v) is 3.55. The van der Waals surface area contributed by atoms with Gasteiger partial charge in [-0.1, -0.05) is 47.6 Å². The predicted octanol–water partition coefficient (Wildman–Crippen LogP) is 3.79. The van der Waals surface area contributed by atoms with Crippen molar-refractivity contribution in [3.8, 4) is 5.75 Å². The van der Waals surface area contributed by atoms with E-state index in [1.807, 2.05) is 13.0 Å². The van der Waals surface area contributed by atoms with E-state index in [4.69, 9.17) is 5.11 Å². The molecule has 0 aliphatic heterocycles. The quantitative estimate of drug-likeness (QED) is 0.833. The first kappa shape index (κ1) is 17.7. The van der Waals surface area contributed by atoms with Crippen LogP contribution in [-0.4, -0.2) is 29.1 Å². The van der Waals surface area contributed by atoms with Crippen molar-refractivity contribution in [3.63, 3.8) is 0 Å². The van der Waals surface area contributed by atoms with E-state index in [0.717, 1.165) is 5.56 Å². The molecule has 3 heteroatoms. The first-order valence-electron chi connectivity index (χ1n) is 7.49. The van der Waals surface area contributed by atoms with Gasteiger partial charge in [0.25, 0.3) is 0 Å². The first-order valence-corrected chi connectivity index (χ1v) is 7.49. The summed E-state index contributed by atoms with van der Waals surface area (Å²) in [6, 6.07) is 3.90. The van der Waals surface area contributed by atoms with Gasteiger partial charge in [-0.25, -0.2) is 0 Å². The Hall–Kier alpha value is -1.35. The highest BCUT2D eigenvalue weighted by atomic mass is 16.3. The Morgan fingerprint density at radius 3 is 2.10 bits per heavy atom. The first-order chi connectivity index (χ1) is 9.46. The van der Waals surface area contributed by atoms with Crippen molar-refractivity contribution in [1.29, 1.82) is 0 Å². The molecule has 1 rings (SSSR count). The van der Waals surface area contributed by atoms with Crippen molar-refractivity contribution in [1.82, 2.24) is 0 Å². The molecule has 0 aliphatic rings. The van der Waals surface area contributed by atoms with Gasteiger partial charge >= 0.3 is 0 Å². The SMILES string of the molecule is CC(CO)N=Cc1cc(C(C)(C)C)cc(C(C)(C)C)c1O. The highest BCUT2D eigenvalue weighted by Gasteiger charge is 2.24. The number of nitrogens with zero attached hydrogens (tertiary/aromatic N) is 1. The molecular weight excluding hydrogens is 262 g/mol. The molecule has 2 N–H and O–H groups in total.